The van der Waals surface area contributed by atoms with Crippen molar-refractivity contribution in [3.63, 3.8) is 0 Å². The van der Waals surface area contributed by atoms with E-state index in [2.05, 4.69) is 43.1 Å². The molecule has 0 bridgehead atoms. The van der Waals surface area contributed by atoms with Crippen LogP contribution in [0.3, 0.4) is 0 Å². The van der Waals surface area contributed by atoms with Gasteiger partial charge in [0.25, 0.3) is 0 Å². The van der Waals surface area contributed by atoms with Gasteiger partial charge < -0.3 is 5.32 Å². The monoisotopic (exact) mass is 278 g/mol. The number of nitrogens with one attached hydrogen (secondary N) is 1. The lowest BCUT2D eigenvalue weighted by molar-refractivity contribution is 0.649. The quantitative estimate of drug-likeness (QED) is 0.826. The maximum atomic E-state index is 4.57. The maximum absolute atomic E-state index is 4.57. The molecule has 2 aromatic heterocycles. The Labute approximate surface area is 118 Å². The Hall–Kier alpha value is -1.20. The number of hydrogen-bond acceptors (Lipinski definition) is 4. The van der Waals surface area contributed by atoms with E-state index in [1.807, 2.05) is 10.9 Å². The fraction of sp³-hybridized carbons (Fsp3) is 0.571. The van der Waals surface area contributed by atoms with Crippen molar-refractivity contribution in [2.45, 2.75) is 47.2 Å². The molecule has 2 rings (SSSR count). The Kier molecular flexibility index (Phi) is 4.71. The van der Waals surface area contributed by atoms with Gasteiger partial charge in [0.15, 0.2) is 0 Å². The number of nitrogens with zero attached hydrogens (tertiary/aromatic N) is 3. The number of aryl methyl sites for hydroxylation is 2. The van der Waals surface area contributed by atoms with Crippen LogP contribution in [0.2, 0.25) is 0 Å². The lowest BCUT2D eigenvalue weighted by atomic mass is 10.2. The lowest BCUT2D eigenvalue weighted by Gasteiger charge is -2.04. The van der Waals surface area contributed by atoms with E-state index in [9.17, 15) is 0 Å². The normalized spacial score (nSPS) is 11.2. The van der Waals surface area contributed by atoms with Crippen LogP contribution in [-0.2, 0) is 13.1 Å². The molecule has 0 spiro atoms. The minimum atomic E-state index is 0.777. The molecule has 0 saturated carbocycles. The first kappa shape index (κ1) is 14.2. The molecule has 0 saturated heterocycles. The highest BCUT2D eigenvalue weighted by Crippen LogP contribution is 2.18. The van der Waals surface area contributed by atoms with Crippen LogP contribution in [0.25, 0.3) is 0 Å². The van der Waals surface area contributed by atoms with Crippen LogP contribution >= 0.6 is 11.3 Å². The van der Waals surface area contributed by atoms with Crippen LogP contribution in [-0.4, -0.2) is 21.3 Å². The van der Waals surface area contributed by atoms with Gasteiger partial charge in [-0.2, -0.15) is 5.10 Å². The van der Waals surface area contributed by atoms with Gasteiger partial charge in [-0.3, -0.25) is 4.68 Å². The van der Waals surface area contributed by atoms with E-state index >= 15 is 0 Å². The summed E-state index contributed by atoms with van der Waals surface area (Å²) in [6.45, 7) is 11.2. The van der Waals surface area contributed by atoms with E-state index < -0.39 is 0 Å². The Morgan fingerprint density at radius 3 is 2.74 bits per heavy atom. The Morgan fingerprint density at radius 2 is 2.11 bits per heavy atom. The van der Waals surface area contributed by atoms with Crippen LogP contribution in [0, 0.1) is 20.8 Å². The summed E-state index contributed by atoms with van der Waals surface area (Å²) in [5.74, 6) is 0. The first-order valence-electron chi connectivity index (χ1n) is 6.76. The van der Waals surface area contributed by atoms with Crippen molar-refractivity contribution in [1.29, 1.82) is 0 Å². The fourth-order valence-electron chi connectivity index (χ4n) is 1.95. The summed E-state index contributed by atoms with van der Waals surface area (Å²) < 4.78 is 2.04. The number of hydrogen-bond donors (Lipinski definition) is 1. The van der Waals surface area contributed by atoms with Gasteiger partial charge in [0.05, 0.1) is 18.4 Å². The highest BCUT2D eigenvalue weighted by atomic mass is 32.1. The Morgan fingerprint density at radius 1 is 1.32 bits per heavy atom. The summed E-state index contributed by atoms with van der Waals surface area (Å²) in [7, 11) is 0. The molecule has 0 atom stereocenters. The van der Waals surface area contributed by atoms with E-state index in [0.29, 0.717) is 0 Å². The zero-order chi connectivity index (χ0) is 13.8. The lowest BCUT2D eigenvalue weighted by Crippen LogP contribution is -2.14. The molecule has 0 fully saturated rings. The Bertz CT molecular complexity index is 522. The van der Waals surface area contributed by atoms with E-state index in [4.69, 9.17) is 0 Å². The second kappa shape index (κ2) is 6.30. The van der Waals surface area contributed by atoms with Gasteiger partial charge in [-0.05, 0) is 33.7 Å². The Balaban J connectivity index is 2.05. The van der Waals surface area contributed by atoms with Gasteiger partial charge in [-0.25, -0.2) is 4.98 Å². The van der Waals surface area contributed by atoms with Gasteiger partial charge in [0, 0.05) is 22.7 Å². The molecule has 0 aliphatic carbocycles. The summed E-state index contributed by atoms with van der Waals surface area (Å²) in [6, 6.07) is 0. The third-order valence-corrected chi connectivity index (χ3v) is 4.36. The smallest absolute Gasteiger partial charge is 0.115 e. The largest absolute Gasteiger partial charge is 0.313 e. The molecule has 19 heavy (non-hydrogen) atoms. The van der Waals surface area contributed by atoms with E-state index in [0.717, 1.165) is 36.8 Å². The second-order valence-electron chi connectivity index (χ2n) is 4.84. The SMILES string of the molecule is CCCNCc1cnn(Cc2nc(C)c(C)s2)c1C. The zero-order valence-corrected chi connectivity index (χ0v) is 13.0. The summed E-state index contributed by atoms with van der Waals surface area (Å²) in [5.41, 5.74) is 3.64. The van der Waals surface area contributed by atoms with Crippen LogP contribution in [0.5, 0.6) is 0 Å². The molecule has 0 radical (unpaired) electrons. The average Bonchev–Trinajstić information content (AvgIpc) is 2.87. The van der Waals surface area contributed by atoms with E-state index in [1.54, 1.807) is 11.3 Å². The predicted molar refractivity (Wildman–Crippen MR) is 79.7 cm³/mol. The van der Waals surface area contributed by atoms with Crippen LogP contribution in [0.1, 0.15) is 40.2 Å². The zero-order valence-electron chi connectivity index (χ0n) is 12.2. The molecule has 104 valence electrons. The topological polar surface area (TPSA) is 42.7 Å². The molecule has 0 amide bonds. The molecule has 5 heteroatoms. The molecular weight excluding hydrogens is 256 g/mol. The van der Waals surface area contributed by atoms with Crippen LogP contribution < -0.4 is 5.32 Å². The summed E-state index contributed by atoms with van der Waals surface area (Å²) in [5, 5.41) is 9.02. The molecule has 0 aromatic carbocycles. The first-order chi connectivity index (χ1) is 9.11. The van der Waals surface area contributed by atoms with Gasteiger partial charge >= 0.3 is 0 Å². The highest BCUT2D eigenvalue weighted by Gasteiger charge is 2.09. The van der Waals surface area contributed by atoms with E-state index in [-0.39, 0.29) is 0 Å². The maximum Gasteiger partial charge on any atom is 0.115 e. The standard InChI is InChI=1S/C14H22N4S/c1-5-6-15-7-13-8-16-18(11(13)3)9-14-17-10(2)12(4)19-14/h8,15H,5-7,9H2,1-4H3. The third-order valence-electron chi connectivity index (χ3n) is 3.30. The van der Waals surface area contributed by atoms with Gasteiger partial charge in [-0.1, -0.05) is 6.92 Å². The van der Waals surface area contributed by atoms with Crippen LogP contribution in [0.15, 0.2) is 6.20 Å². The van der Waals surface area contributed by atoms with Crippen molar-refractivity contribution in [2.24, 2.45) is 0 Å². The van der Waals surface area contributed by atoms with Crippen molar-refractivity contribution < 1.29 is 0 Å². The second-order valence-corrected chi connectivity index (χ2v) is 6.13. The molecule has 2 aromatic rings. The minimum absolute atomic E-state index is 0.777. The van der Waals surface area contributed by atoms with Gasteiger partial charge in [-0.15, -0.1) is 11.3 Å². The molecule has 0 aliphatic rings. The van der Waals surface area contributed by atoms with Crippen molar-refractivity contribution in [3.05, 3.63) is 33.0 Å². The number of thiazole rings is 1. The average molecular weight is 278 g/mol. The summed E-state index contributed by atoms with van der Waals surface area (Å²) in [6.07, 6.45) is 3.12. The molecule has 2 heterocycles. The highest BCUT2D eigenvalue weighted by molar-refractivity contribution is 7.11. The van der Waals surface area contributed by atoms with E-state index in [1.165, 1.54) is 16.1 Å². The molecular formula is C14H22N4S. The first-order valence-corrected chi connectivity index (χ1v) is 7.58. The summed E-state index contributed by atoms with van der Waals surface area (Å²) in [4.78, 5) is 5.87. The molecule has 4 nitrogen and oxygen atoms in total. The van der Waals surface area contributed by atoms with Crippen molar-refractivity contribution >= 4 is 11.3 Å². The molecule has 0 aliphatic heterocycles. The van der Waals surface area contributed by atoms with Crippen molar-refractivity contribution in [2.75, 3.05) is 6.54 Å². The van der Waals surface area contributed by atoms with Crippen molar-refractivity contribution in [1.82, 2.24) is 20.1 Å². The van der Waals surface area contributed by atoms with Crippen LogP contribution in [0.4, 0.5) is 0 Å². The van der Waals surface area contributed by atoms with Crippen molar-refractivity contribution in [3.8, 4) is 0 Å². The fourth-order valence-corrected chi connectivity index (χ4v) is 2.87. The summed E-state index contributed by atoms with van der Waals surface area (Å²) >= 11 is 1.76. The third kappa shape index (κ3) is 3.42. The number of rotatable bonds is 6. The molecule has 1 N–H and O–H groups in total. The molecule has 0 unspecified atom stereocenters. The predicted octanol–water partition coefficient (Wildman–Crippen LogP) is 2.81. The van der Waals surface area contributed by atoms with Gasteiger partial charge in [0.2, 0.25) is 0 Å². The minimum Gasteiger partial charge on any atom is -0.313 e. The number of aromatic nitrogens is 3. The van der Waals surface area contributed by atoms with Gasteiger partial charge in [0.1, 0.15) is 5.01 Å².